The molecule has 0 bridgehead atoms. The fourth-order valence-corrected chi connectivity index (χ4v) is 7.05. The standard InChI is InChI=1S/C35H32F2N8O3.ClH/c1-48-34(47)44-26-10-9-20-3-2-4-22-13-29(45(30(20)22)33(26)46)25-12-11-24(42-25)19-5-7-21(8-6-19)31-38-15-23(16-39-31)28-17-40-32(43-28)27-14-35(36,37)18-41-27;/h2-8,11,15-17,26-27,29,41H,9-10,12-14,18H2,1H3,(H,40,43)(H,44,47);1H/t26-,27-,29-;/m0./s1. The Hall–Kier alpha value is -5.01. The van der Waals surface area contributed by atoms with Crippen molar-refractivity contribution in [1.29, 1.82) is 0 Å². The van der Waals surface area contributed by atoms with Crippen LogP contribution >= 0.6 is 12.4 Å². The van der Waals surface area contributed by atoms with Crippen molar-refractivity contribution in [2.24, 2.45) is 4.99 Å². The fourth-order valence-electron chi connectivity index (χ4n) is 7.05. The summed E-state index contributed by atoms with van der Waals surface area (Å²) in [4.78, 5) is 49.2. The zero-order valence-electron chi connectivity index (χ0n) is 26.5. The molecule has 6 heterocycles. The zero-order valence-corrected chi connectivity index (χ0v) is 27.3. The molecule has 14 heteroatoms. The lowest BCUT2D eigenvalue weighted by Gasteiger charge is -2.28. The number of hydrogen-bond acceptors (Lipinski definition) is 8. The molecule has 4 aliphatic heterocycles. The van der Waals surface area contributed by atoms with E-state index in [1.54, 1.807) is 18.6 Å². The Morgan fingerprint density at radius 3 is 2.51 bits per heavy atom. The lowest BCUT2D eigenvalue weighted by atomic mass is 9.99. The third kappa shape index (κ3) is 6.08. The van der Waals surface area contributed by atoms with Crippen molar-refractivity contribution in [2.75, 3.05) is 18.6 Å². The Morgan fingerprint density at radius 2 is 1.78 bits per heavy atom. The number of alkyl halides is 2. The summed E-state index contributed by atoms with van der Waals surface area (Å²) in [5.41, 5.74) is 8.01. The first kappa shape index (κ1) is 32.5. The van der Waals surface area contributed by atoms with Crippen LogP contribution in [0.2, 0.25) is 0 Å². The number of para-hydroxylation sites is 1. The highest BCUT2D eigenvalue weighted by Gasteiger charge is 2.44. The van der Waals surface area contributed by atoms with Crippen LogP contribution in [0.15, 0.2) is 72.1 Å². The van der Waals surface area contributed by atoms with Crippen molar-refractivity contribution < 1.29 is 23.1 Å². The maximum absolute atomic E-state index is 13.8. The number of imidazole rings is 1. The van der Waals surface area contributed by atoms with Crippen LogP contribution in [0.4, 0.5) is 19.3 Å². The van der Waals surface area contributed by atoms with Crippen LogP contribution in [0.1, 0.15) is 47.8 Å². The van der Waals surface area contributed by atoms with Gasteiger partial charge in [-0.05, 0) is 29.5 Å². The van der Waals surface area contributed by atoms with Crippen LogP contribution in [-0.4, -0.2) is 69.3 Å². The van der Waals surface area contributed by atoms with Crippen LogP contribution in [0.3, 0.4) is 0 Å². The second-order valence-electron chi connectivity index (χ2n) is 12.5. The number of H-pyrrole nitrogens is 1. The van der Waals surface area contributed by atoms with Crippen LogP contribution < -0.4 is 15.5 Å². The number of methoxy groups -OCH3 is 1. The van der Waals surface area contributed by atoms with E-state index in [-0.39, 0.29) is 37.3 Å². The van der Waals surface area contributed by atoms with Gasteiger partial charge < -0.3 is 25.3 Å². The zero-order chi connectivity index (χ0) is 33.0. The van der Waals surface area contributed by atoms with E-state index in [0.29, 0.717) is 48.6 Å². The molecule has 2 aromatic heterocycles. The smallest absolute Gasteiger partial charge is 0.407 e. The van der Waals surface area contributed by atoms with Gasteiger partial charge in [0.05, 0.1) is 49.0 Å². The summed E-state index contributed by atoms with van der Waals surface area (Å²) < 4.78 is 32.0. The third-order valence-corrected chi connectivity index (χ3v) is 9.47. The Labute approximate surface area is 286 Å². The molecule has 1 saturated heterocycles. The molecule has 11 nitrogen and oxygen atoms in total. The number of aromatic nitrogens is 4. The molecule has 4 aromatic rings. The minimum atomic E-state index is -2.74. The van der Waals surface area contributed by atoms with E-state index in [2.05, 4.69) is 48.8 Å². The number of hydrogen-bond donors (Lipinski definition) is 3. The number of nitrogens with one attached hydrogen (secondary N) is 3. The van der Waals surface area contributed by atoms with Gasteiger partial charge in [-0.3, -0.25) is 9.79 Å². The summed E-state index contributed by atoms with van der Waals surface area (Å²) in [6, 6.07) is 12.5. The number of halogens is 3. The normalized spacial score (nSPS) is 22.1. The third-order valence-electron chi connectivity index (χ3n) is 9.47. The van der Waals surface area contributed by atoms with Crippen molar-refractivity contribution in [1.82, 2.24) is 30.6 Å². The van der Waals surface area contributed by atoms with Crippen molar-refractivity contribution >= 4 is 41.5 Å². The summed E-state index contributed by atoms with van der Waals surface area (Å²) in [6.45, 7) is -0.358. The molecule has 0 unspecified atom stereocenters. The van der Waals surface area contributed by atoms with Gasteiger partial charge in [-0.1, -0.05) is 48.5 Å². The number of carbonyl (C=O) groups is 2. The van der Waals surface area contributed by atoms with Crippen LogP contribution in [0, 0.1) is 0 Å². The van der Waals surface area contributed by atoms with E-state index in [4.69, 9.17) is 9.73 Å². The van der Waals surface area contributed by atoms with E-state index in [1.165, 1.54) is 7.11 Å². The van der Waals surface area contributed by atoms with Gasteiger partial charge in [0.25, 0.3) is 5.92 Å². The van der Waals surface area contributed by atoms with Gasteiger partial charge in [0.1, 0.15) is 11.9 Å². The monoisotopic (exact) mass is 686 g/mol. The van der Waals surface area contributed by atoms with Gasteiger partial charge >= 0.3 is 6.09 Å². The summed E-state index contributed by atoms with van der Waals surface area (Å²) >= 11 is 0. The molecule has 2 aromatic carbocycles. The number of benzene rings is 2. The molecular formula is C35H33ClF2N8O3. The second kappa shape index (κ2) is 12.8. The summed E-state index contributed by atoms with van der Waals surface area (Å²) in [5, 5.41) is 5.53. The summed E-state index contributed by atoms with van der Waals surface area (Å²) in [5.74, 6) is -1.88. The lowest BCUT2D eigenvalue weighted by molar-refractivity contribution is -0.120. The molecule has 0 saturated carbocycles. The highest BCUT2D eigenvalue weighted by Crippen LogP contribution is 2.41. The molecule has 3 N–H and O–H groups in total. The maximum atomic E-state index is 13.8. The fraction of sp³-hybridized carbons (Fsp3) is 0.314. The van der Waals surface area contributed by atoms with E-state index in [9.17, 15) is 18.4 Å². The average Bonchev–Trinajstić information content (AvgIpc) is 3.90. The van der Waals surface area contributed by atoms with E-state index in [0.717, 1.165) is 39.3 Å². The number of amides is 2. The first-order chi connectivity index (χ1) is 23.3. The minimum absolute atomic E-state index is 0. The highest BCUT2D eigenvalue weighted by atomic mass is 35.5. The van der Waals surface area contributed by atoms with Gasteiger partial charge in [0, 0.05) is 48.5 Å². The maximum Gasteiger partial charge on any atom is 0.407 e. The van der Waals surface area contributed by atoms with Crippen molar-refractivity contribution in [2.45, 2.75) is 56.2 Å². The molecule has 0 spiro atoms. The first-order valence-corrected chi connectivity index (χ1v) is 15.9. The summed E-state index contributed by atoms with van der Waals surface area (Å²) in [6.07, 6.45) is 8.58. The molecular weight excluding hydrogens is 654 g/mol. The van der Waals surface area contributed by atoms with Gasteiger partial charge in [-0.25, -0.2) is 28.5 Å². The van der Waals surface area contributed by atoms with Crippen molar-refractivity contribution in [3.05, 3.63) is 89.6 Å². The number of allylic oxidation sites excluding steroid dienone is 1. The number of rotatable bonds is 6. The van der Waals surface area contributed by atoms with E-state index < -0.39 is 24.1 Å². The number of nitrogens with zero attached hydrogens (tertiary/aromatic N) is 5. The first-order valence-electron chi connectivity index (χ1n) is 15.9. The lowest BCUT2D eigenvalue weighted by Crippen LogP contribution is -2.52. The van der Waals surface area contributed by atoms with Gasteiger partial charge in [-0.15, -0.1) is 12.4 Å². The molecule has 2 amide bonds. The number of aromatic amines is 1. The van der Waals surface area contributed by atoms with E-state index in [1.807, 2.05) is 35.2 Å². The van der Waals surface area contributed by atoms with Crippen LogP contribution in [0.25, 0.3) is 28.3 Å². The number of anilines is 1. The quantitative estimate of drug-likeness (QED) is 0.246. The van der Waals surface area contributed by atoms with Crippen LogP contribution in [0.5, 0.6) is 0 Å². The molecule has 1 fully saturated rings. The van der Waals surface area contributed by atoms with Crippen molar-refractivity contribution in [3.63, 3.8) is 0 Å². The molecule has 3 atom stereocenters. The Bertz CT molecular complexity index is 1980. The Balaban J connectivity index is 0.00000378. The molecule has 49 heavy (non-hydrogen) atoms. The predicted octanol–water partition coefficient (Wildman–Crippen LogP) is 5.44. The number of ether oxygens (including phenoxy) is 1. The number of alkyl carbamates (subject to hydrolysis) is 1. The van der Waals surface area contributed by atoms with Gasteiger partial charge in [0.15, 0.2) is 5.82 Å². The molecule has 8 rings (SSSR count). The van der Waals surface area contributed by atoms with Gasteiger partial charge in [0.2, 0.25) is 5.91 Å². The average molecular weight is 687 g/mol. The van der Waals surface area contributed by atoms with E-state index >= 15 is 0 Å². The SMILES string of the molecule is COC(=O)N[C@H]1CCc2cccc3c2N(C1=O)[C@H](C1=NC(c2ccc(-c4ncc(-c5cnc([C@@H]6CC(F)(F)CN6)[nH]5)cn4)cc2)=CC1)C3.Cl. The number of aliphatic imine (C=N–C) groups is 1. The highest BCUT2D eigenvalue weighted by molar-refractivity contribution is 6.11. The number of carbonyl (C=O) groups excluding carboxylic acids is 2. The topological polar surface area (TPSA) is 137 Å². The molecule has 4 aliphatic rings. The Morgan fingerprint density at radius 1 is 1.02 bits per heavy atom. The largest absolute Gasteiger partial charge is 0.453 e. The van der Waals surface area contributed by atoms with Gasteiger partial charge in [-0.2, -0.15) is 0 Å². The molecule has 252 valence electrons. The minimum Gasteiger partial charge on any atom is -0.453 e. The summed E-state index contributed by atoms with van der Waals surface area (Å²) in [7, 11) is 1.29. The molecule has 0 radical (unpaired) electrons. The van der Waals surface area contributed by atoms with Crippen molar-refractivity contribution in [3.8, 4) is 22.6 Å². The number of aryl methyl sites for hydroxylation is 1. The second-order valence-corrected chi connectivity index (χ2v) is 12.5. The Kier molecular flexibility index (Phi) is 8.49. The van der Waals surface area contributed by atoms with Crippen LogP contribution in [-0.2, 0) is 22.4 Å². The predicted molar refractivity (Wildman–Crippen MR) is 182 cm³/mol. The molecule has 0 aliphatic carbocycles.